The zero-order valence-electron chi connectivity index (χ0n) is 15.4. The van der Waals surface area contributed by atoms with Crippen molar-refractivity contribution in [3.05, 3.63) is 60.2 Å². The summed E-state index contributed by atoms with van der Waals surface area (Å²) in [6.45, 7) is 5.34. The molecule has 0 radical (unpaired) electrons. The van der Waals surface area contributed by atoms with Gasteiger partial charge >= 0.3 is 0 Å². The average Bonchev–Trinajstić information content (AvgIpc) is 2.96. The maximum absolute atomic E-state index is 13.3. The summed E-state index contributed by atoms with van der Waals surface area (Å²) in [5.41, 5.74) is 1.61. The van der Waals surface area contributed by atoms with Crippen molar-refractivity contribution >= 4 is 5.69 Å². The van der Waals surface area contributed by atoms with Crippen LogP contribution in [-0.2, 0) is 16.0 Å². The molecule has 27 heavy (non-hydrogen) atoms. The summed E-state index contributed by atoms with van der Waals surface area (Å²) >= 11 is 0. The number of pyridine rings is 1. The second-order valence-electron chi connectivity index (χ2n) is 7.54. The molecule has 0 aliphatic carbocycles. The van der Waals surface area contributed by atoms with E-state index in [9.17, 15) is 4.39 Å². The molecule has 2 aliphatic heterocycles. The van der Waals surface area contributed by atoms with Crippen molar-refractivity contribution < 1.29 is 13.9 Å². The summed E-state index contributed by atoms with van der Waals surface area (Å²) in [6.07, 6.45) is 2.77. The fraction of sp³-hybridized carbons (Fsp3) is 0.476. The van der Waals surface area contributed by atoms with Crippen LogP contribution >= 0.6 is 0 Å². The predicted octanol–water partition coefficient (Wildman–Crippen LogP) is 2.94. The van der Waals surface area contributed by atoms with Crippen LogP contribution in [0.2, 0.25) is 0 Å². The molecule has 3 heterocycles. The minimum absolute atomic E-state index is 0.221. The summed E-state index contributed by atoms with van der Waals surface area (Å²) in [7, 11) is 0. The number of benzene rings is 1. The van der Waals surface area contributed by atoms with Gasteiger partial charge in [0.2, 0.25) is 0 Å². The monoisotopic (exact) mass is 371 g/mol. The Labute approximate surface area is 159 Å². The lowest BCUT2D eigenvalue weighted by atomic mass is 9.94. The van der Waals surface area contributed by atoms with Crippen molar-refractivity contribution in [2.45, 2.75) is 18.6 Å². The number of ether oxygens (including phenoxy) is 2. The quantitative estimate of drug-likeness (QED) is 0.876. The molecule has 2 aromatic rings. The second-order valence-corrected chi connectivity index (χ2v) is 7.54. The first-order valence-electron chi connectivity index (χ1n) is 9.54. The molecule has 0 unspecified atom stereocenters. The van der Waals surface area contributed by atoms with Gasteiger partial charge in [-0.15, -0.1) is 0 Å². The van der Waals surface area contributed by atoms with Gasteiger partial charge < -0.3 is 14.8 Å². The third kappa shape index (κ3) is 4.83. The molecule has 2 aliphatic rings. The van der Waals surface area contributed by atoms with Gasteiger partial charge in [-0.1, -0.05) is 12.1 Å². The van der Waals surface area contributed by atoms with Crippen molar-refractivity contribution in [1.29, 1.82) is 0 Å². The SMILES string of the molecule is Fc1cccc(NC[C@H]2CO[C@@]3(COCCN(Cc4ccccn4)C3)C2)c1. The topological polar surface area (TPSA) is 46.6 Å². The number of nitrogens with one attached hydrogen (secondary N) is 1. The Hall–Kier alpha value is -2.02. The van der Waals surface area contributed by atoms with Crippen LogP contribution in [0.5, 0.6) is 0 Å². The Morgan fingerprint density at radius 1 is 1.26 bits per heavy atom. The summed E-state index contributed by atoms with van der Waals surface area (Å²) in [6, 6.07) is 12.6. The van der Waals surface area contributed by atoms with Crippen molar-refractivity contribution in [3.8, 4) is 0 Å². The number of aromatic nitrogens is 1. The maximum Gasteiger partial charge on any atom is 0.125 e. The Bertz CT molecular complexity index is 745. The number of rotatable bonds is 5. The Morgan fingerprint density at radius 2 is 2.22 bits per heavy atom. The van der Waals surface area contributed by atoms with Crippen LogP contribution in [0.3, 0.4) is 0 Å². The largest absolute Gasteiger partial charge is 0.385 e. The van der Waals surface area contributed by atoms with Gasteiger partial charge in [0.25, 0.3) is 0 Å². The highest BCUT2D eigenvalue weighted by Crippen LogP contribution is 2.33. The summed E-state index contributed by atoms with van der Waals surface area (Å²) in [5.74, 6) is 0.160. The molecule has 1 aromatic heterocycles. The van der Waals surface area contributed by atoms with Crippen LogP contribution < -0.4 is 5.32 Å². The lowest BCUT2D eigenvalue weighted by molar-refractivity contribution is -0.0563. The van der Waals surface area contributed by atoms with Crippen LogP contribution in [0.15, 0.2) is 48.7 Å². The van der Waals surface area contributed by atoms with E-state index in [-0.39, 0.29) is 11.4 Å². The van der Waals surface area contributed by atoms with Crippen molar-refractivity contribution in [2.24, 2.45) is 5.92 Å². The minimum atomic E-state index is -0.264. The number of nitrogens with zero attached hydrogens (tertiary/aromatic N) is 2. The molecule has 0 saturated carbocycles. The Morgan fingerprint density at radius 3 is 3.07 bits per heavy atom. The van der Waals surface area contributed by atoms with E-state index in [1.54, 1.807) is 6.07 Å². The van der Waals surface area contributed by atoms with E-state index in [4.69, 9.17) is 9.47 Å². The van der Waals surface area contributed by atoms with Gasteiger partial charge in [0, 0.05) is 44.0 Å². The van der Waals surface area contributed by atoms with Crippen molar-refractivity contribution in [2.75, 3.05) is 44.8 Å². The lowest BCUT2D eigenvalue weighted by Gasteiger charge is -2.31. The molecule has 5 nitrogen and oxygen atoms in total. The highest BCUT2D eigenvalue weighted by atomic mass is 19.1. The molecule has 2 fully saturated rings. The molecule has 1 aromatic carbocycles. The number of anilines is 1. The van der Waals surface area contributed by atoms with Gasteiger partial charge in [0.1, 0.15) is 11.4 Å². The fourth-order valence-electron chi connectivity index (χ4n) is 3.98. The molecule has 2 atom stereocenters. The van der Waals surface area contributed by atoms with Crippen LogP contribution in [-0.4, -0.2) is 54.9 Å². The Balaban J connectivity index is 1.34. The first-order valence-corrected chi connectivity index (χ1v) is 9.54. The molecular weight excluding hydrogens is 345 g/mol. The molecule has 0 bridgehead atoms. The first-order chi connectivity index (χ1) is 13.2. The highest BCUT2D eigenvalue weighted by molar-refractivity contribution is 5.43. The van der Waals surface area contributed by atoms with E-state index in [2.05, 4.69) is 21.3 Å². The number of hydrogen-bond donors (Lipinski definition) is 1. The van der Waals surface area contributed by atoms with E-state index in [1.165, 1.54) is 12.1 Å². The van der Waals surface area contributed by atoms with Gasteiger partial charge in [0.05, 0.1) is 25.5 Å². The standard InChI is InChI=1S/C21H26FN3O2/c22-18-4-3-6-19(10-18)24-12-17-11-21(27-14-17)15-25(8-9-26-16-21)13-20-5-1-2-7-23-20/h1-7,10,17,24H,8-9,11-16H2/t17-,21-/m0/s1. The third-order valence-electron chi connectivity index (χ3n) is 5.25. The zero-order chi connectivity index (χ0) is 18.5. The highest BCUT2D eigenvalue weighted by Gasteiger charge is 2.43. The molecular formula is C21H26FN3O2. The summed E-state index contributed by atoms with van der Waals surface area (Å²) in [5, 5.41) is 3.33. The van der Waals surface area contributed by atoms with Gasteiger partial charge in [-0.05, 0) is 36.8 Å². The molecule has 144 valence electrons. The lowest BCUT2D eigenvalue weighted by Crippen LogP contribution is -2.44. The third-order valence-corrected chi connectivity index (χ3v) is 5.25. The van der Waals surface area contributed by atoms with E-state index in [0.717, 1.165) is 44.0 Å². The van der Waals surface area contributed by atoms with E-state index in [1.807, 2.05) is 24.4 Å². The number of hydrogen-bond acceptors (Lipinski definition) is 5. The van der Waals surface area contributed by atoms with Gasteiger partial charge in [-0.3, -0.25) is 9.88 Å². The van der Waals surface area contributed by atoms with E-state index in [0.29, 0.717) is 25.7 Å². The zero-order valence-corrected chi connectivity index (χ0v) is 15.4. The van der Waals surface area contributed by atoms with Crippen molar-refractivity contribution in [3.63, 3.8) is 0 Å². The van der Waals surface area contributed by atoms with Crippen molar-refractivity contribution in [1.82, 2.24) is 9.88 Å². The predicted molar refractivity (Wildman–Crippen MR) is 102 cm³/mol. The molecule has 4 rings (SSSR count). The minimum Gasteiger partial charge on any atom is -0.385 e. The molecule has 1 spiro atoms. The average molecular weight is 371 g/mol. The summed E-state index contributed by atoms with van der Waals surface area (Å²) in [4.78, 5) is 6.81. The number of halogens is 1. The van der Waals surface area contributed by atoms with Crippen LogP contribution in [0.4, 0.5) is 10.1 Å². The second kappa shape index (κ2) is 8.33. The van der Waals surface area contributed by atoms with E-state index >= 15 is 0 Å². The molecule has 6 heteroatoms. The van der Waals surface area contributed by atoms with Crippen LogP contribution in [0.25, 0.3) is 0 Å². The normalized spacial score (nSPS) is 26.2. The van der Waals surface area contributed by atoms with E-state index < -0.39 is 0 Å². The van der Waals surface area contributed by atoms with Crippen LogP contribution in [0, 0.1) is 11.7 Å². The maximum atomic E-state index is 13.3. The Kier molecular flexibility index (Phi) is 5.66. The first kappa shape index (κ1) is 18.3. The van der Waals surface area contributed by atoms with Gasteiger partial charge in [-0.2, -0.15) is 0 Å². The van der Waals surface area contributed by atoms with Crippen LogP contribution in [0.1, 0.15) is 12.1 Å². The summed E-state index contributed by atoms with van der Waals surface area (Å²) < 4.78 is 25.5. The van der Waals surface area contributed by atoms with Gasteiger partial charge in [-0.25, -0.2) is 4.39 Å². The molecule has 2 saturated heterocycles. The smallest absolute Gasteiger partial charge is 0.125 e. The molecule has 0 amide bonds. The molecule has 1 N–H and O–H groups in total. The fourth-order valence-corrected chi connectivity index (χ4v) is 3.98. The van der Waals surface area contributed by atoms with Gasteiger partial charge in [0.15, 0.2) is 0 Å².